The van der Waals surface area contributed by atoms with E-state index in [4.69, 9.17) is 16.3 Å². The average molecular weight is 416 g/mol. The molecule has 1 aliphatic carbocycles. The predicted octanol–water partition coefficient (Wildman–Crippen LogP) is 5.04. The second-order valence-electron chi connectivity index (χ2n) is 6.84. The van der Waals surface area contributed by atoms with E-state index in [2.05, 4.69) is 41.4 Å². The summed E-state index contributed by atoms with van der Waals surface area (Å²) in [4.78, 5) is 22.9. The third kappa shape index (κ3) is 4.07. The lowest BCUT2D eigenvalue weighted by atomic mass is 9.98. The third-order valence-corrected chi connectivity index (χ3v) is 5.35. The van der Waals surface area contributed by atoms with Crippen LogP contribution in [0.3, 0.4) is 0 Å². The normalized spacial score (nSPS) is 11.6. The van der Waals surface area contributed by atoms with E-state index in [-0.39, 0.29) is 19.1 Å². The van der Waals surface area contributed by atoms with Gasteiger partial charge in [0.2, 0.25) is 0 Å². The molecule has 1 amide bonds. The Morgan fingerprint density at radius 1 is 1.03 bits per heavy atom. The maximum atomic E-state index is 12.1. The van der Waals surface area contributed by atoms with Gasteiger partial charge in [-0.25, -0.2) is 4.79 Å². The van der Waals surface area contributed by atoms with Crippen LogP contribution in [0.5, 0.6) is 0 Å². The molecule has 30 heavy (non-hydrogen) atoms. The van der Waals surface area contributed by atoms with Gasteiger partial charge in [0.15, 0.2) is 6.29 Å². The fourth-order valence-electron chi connectivity index (χ4n) is 3.61. The van der Waals surface area contributed by atoms with E-state index in [9.17, 15) is 9.59 Å². The molecule has 148 valence electrons. The molecule has 3 aromatic carbocycles. The van der Waals surface area contributed by atoms with Crippen LogP contribution in [0, 0.1) is 11.8 Å². The van der Waals surface area contributed by atoms with Crippen LogP contribution < -0.4 is 5.32 Å². The number of hydrogen-bond donors (Lipinski definition) is 1. The number of carbonyl (C=O) groups excluding carboxylic acids is 2. The van der Waals surface area contributed by atoms with Crippen LogP contribution >= 0.6 is 11.6 Å². The largest absolute Gasteiger partial charge is 0.449 e. The highest BCUT2D eigenvalue weighted by atomic mass is 35.5. The van der Waals surface area contributed by atoms with Gasteiger partial charge in [-0.3, -0.25) is 4.79 Å². The van der Waals surface area contributed by atoms with Gasteiger partial charge in [-0.05, 0) is 40.5 Å². The van der Waals surface area contributed by atoms with Crippen LogP contribution in [-0.2, 0) is 4.74 Å². The van der Waals surface area contributed by atoms with Crippen LogP contribution in [0.15, 0.2) is 66.7 Å². The molecular weight excluding hydrogens is 398 g/mol. The lowest BCUT2D eigenvalue weighted by Crippen LogP contribution is -2.26. The number of benzene rings is 3. The maximum Gasteiger partial charge on any atom is 0.407 e. The number of carbonyl (C=O) groups is 2. The summed E-state index contributed by atoms with van der Waals surface area (Å²) in [6.07, 6.45) is 0.179. The number of nitrogens with one attached hydrogen (secondary N) is 1. The predicted molar refractivity (Wildman–Crippen MR) is 117 cm³/mol. The van der Waals surface area contributed by atoms with Gasteiger partial charge < -0.3 is 10.1 Å². The van der Waals surface area contributed by atoms with Crippen LogP contribution in [0.25, 0.3) is 11.1 Å². The second-order valence-corrected chi connectivity index (χ2v) is 7.24. The molecule has 0 atom stereocenters. The minimum Gasteiger partial charge on any atom is -0.449 e. The van der Waals surface area contributed by atoms with Crippen molar-refractivity contribution < 1.29 is 14.3 Å². The number of aldehydes is 1. The molecule has 1 N–H and O–H groups in total. The van der Waals surface area contributed by atoms with Crippen molar-refractivity contribution in [2.24, 2.45) is 0 Å². The lowest BCUT2D eigenvalue weighted by Gasteiger charge is -2.14. The fraction of sp³-hybridized carbons (Fsp3) is 0.120. The third-order valence-electron chi connectivity index (χ3n) is 5.02. The van der Waals surface area contributed by atoms with Gasteiger partial charge in [0.05, 0.1) is 11.6 Å². The van der Waals surface area contributed by atoms with Crippen molar-refractivity contribution in [2.45, 2.75) is 5.92 Å². The summed E-state index contributed by atoms with van der Waals surface area (Å²) in [6, 6.07) is 21.3. The van der Waals surface area contributed by atoms with Crippen LogP contribution in [-0.4, -0.2) is 25.5 Å². The highest BCUT2D eigenvalue weighted by molar-refractivity contribution is 6.33. The molecule has 0 heterocycles. The first kappa shape index (κ1) is 19.8. The van der Waals surface area contributed by atoms with Gasteiger partial charge in [-0.15, -0.1) is 0 Å². The number of alkyl carbamates (subject to hydrolysis) is 1. The SMILES string of the molecule is O=Cc1ccc(C#CCNC(=O)OCC2c3ccccc3-c3ccccc32)cc1Cl. The van der Waals surface area contributed by atoms with E-state index in [1.54, 1.807) is 18.2 Å². The van der Waals surface area contributed by atoms with Gasteiger partial charge in [0, 0.05) is 17.0 Å². The number of rotatable bonds is 4. The van der Waals surface area contributed by atoms with Gasteiger partial charge in [0.25, 0.3) is 0 Å². The van der Waals surface area contributed by atoms with Gasteiger partial charge in [-0.1, -0.05) is 72.0 Å². The molecular formula is C25H18ClNO3. The zero-order valence-electron chi connectivity index (χ0n) is 16.0. The van der Waals surface area contributed by atoms with E-state index >= 15 is 0 Å². The van der Waals surface area contributed by atoms with Crippen molar-refractivity contribution in [1.29, 1.82) is 0 Å². The number of ether oxygens (including phenoxy) is 1. The van der Waals surface area contributed by atoms with Crippen molar-refractivity contribution in [2.75, 3.05) is 13.2 Å². The lowest BCUT2D eigenvalue weighted by molar-refractivity contribution is 0.112. The van der Waals surface area contributed by atoms with E-state index < -0.39 is 6.09 Å². The van der Waals surface area contributed by atoms with Crippen molar-refractivity contribution >= 4 is 24.0 Å². The second kappa shape index (κ2) is 8.86. The molecule has 0 radical (unpaired) electrons. The van der Waals surface area contributed by atoms with Gasteiger partial charge in [0.1, 0.15) is 6.61 Å². The Hall–Kier alpha value is -3.55. The van der Waals surface area contributed by atoms with Crippen molar-refractivity contribution in [3.63, 3.8) is 0 Å². The first-order valence-corrected chi connectivity index (χ1v) is 9.87. The summed E-state index contributed by atoms with van der Waals surface area (Å²) >= 11 is 5.98. The summed E-state index contributed by atoms with van der Waals surface area (Å²) < 4.78 is 5.46. The molecule has 0 aromatic heterocycles. The molecule has 0 fully saturated rings. The smallest absolute Gasteiger partial charge is 0.407 e. The van der Waals surface area contributed by atoms with Crippen LogP contribution in [0.4, 0.5) is 4.79 Å². The Balaban J connectivity index is 1.34. The fourth-order valence-corrected chi connectivity index (χ4v) is 3.84. The summed E-state index contributed by atoms with van der Waals surface area (Å²) in [7, 11) is 0. The first-order chi connectivity index (χ1) is 14.7. The zero-order valence-corrected chi connectivity index (χ0v) is 16.8. The van der Waals surface area contributed by atoms with Crippen molar-refractivity contribution in [3.8, 4) is 23.0 Å². The summed E-state index contributed by atoms with van der Waals surface area (Å²) in [6.45, 7) is 0.403. The first-order valence-electron chi connectivity index (χ1n) is 9.50. The Bertz CT molecular complexity index is 1130. The van der Waals surface area contributed by atoms with Crippen molar-refractivity contribution in [3.05, 3.63) is 94.0 Å². The molecule has 4 nitrogen and oxygen atoms in total. The minimum atomic E-state index is -0.513. The number of amides is 1. The summed E-state index contributed by atoms with van der Waals surface area (Å²) in [5.41, 5.74) is 5.79. The standard InChI is InChI=1S/C25H18ClNO3/c26-24-14-17(11-12-18(24)15-28)6-5-13-27-25(29)30-16-23-21-9-3-1-7-19(21)20-8-2-4-10-22(20)23/h1-4,7-12,14-15,23H,13,16H2,(H,27,29). The molecule has 0 bridgehead atoms. The number of halogens is 1. The molecule has 4 rings (SSSR count). The molecule has 3 aromatic rings. The molecule has 0 aliphatic heterocycles. The Labute approximate surface area is 179 Å². The van der Waals surface area contributed by atoms with Gasteiger partial charge in [-0.2, -0.15) is 0 Å². The van der Waals surface area contributed by atoms with Crippen molar-refractivity contribution in [1.82, 2.24) is 5.32 Å². The molecule has 5 heteroatoms. The van der Waals surface area contributed by atoms with Crippen LogP contribution in [0.1, 0.15) is 33.0 Å². The van der Waals surface area contributed by atoms with E-state index in [1.165, 1.54) is 22.3 Å². The number of fused-ring (bicyclic) bond motifs is 3. The highest BCUT2D eigenvalue weighted by Crippen LogP contribution is 2.44. The van der Waals surface area contributed by atoms with Crippen LogP contribution in [0.2, 0.25) is 5.02 Å². The molecule has 0 saturated heterocycles. The average Bonchev–Trinajstić information content (AvgIpc) is 3.09. The van der Waals surface area contributed by atoms with E-state index in [0.717, 1.165) is 0 Å². The maximum absolute atomic E-state index is 12.1. The molecule has 0 unspecified atom stereocenters. The zero-order chi connectivity index (χ0) is 20.9. The quantitative estimate of drug-likeness (QED) is 0.479. The number of hydrogen-bond acceptors (Lipinski definition) is 3. The summed E-state index contributed by atoms with van der Waals surface area (Å²) in [5, 5.41) is 2.99. The Kier molecular flexibility index (Phi) is 5.83. The monoisotopic (exact) mass is 415 g/mol. The molecule has 1 aliphatic rings. The van der Waals surface area contributed by atoms with E-state index in [1.807, 2.05) is 24.3 Å². The molecule has 0 spiro atoms. The Morgan fingerprint density at radius 3 is 2.33 bits per heavy atom. The Morgan fingerprint density at radius 2 is 1.70 bits per heavy atom. The van der Waals surface area contributed by atoms with E-state index in [0.29, 0.717) is 22.4 Å². The molecule has 0 saturated carbocycles. The van der Waals surface area contributed by atoms with Gasteiger partial charge >= 0.3 is 6.09 Å². The summed E-state index contributed by atoms with van der Waals surface area (Å²) in [5.74, 6) is 5.76. The highest BCUT2D eigenvalue weighted by Gasteiger charge is 2.28. The topological polar surface area (TPSA) is 55.4 Å². The minimum absolute atomic E-state index is 0.0210.